The van der Waals surface area contributed by atoms with E-state index in [1.165, 1.54) is 24.2 Å². The molecule has 0 bridgehead atoms. The molecule has 18 heavy (non-hydrogen) atoms. The molecule has 104 valence electrons. The summed E-state index contributed by atoms with van der Waals surface area (Å²) in [4.78, 5) is 24.3. The molecular formula is C13H24N2O3. The van der Waals surface area contributed by atoms with E-state index in [0.29, 0.717) is 13.0 Å². The maximum atomic E-state index is 11.8. The number of nitrogens with one attached hydrogen (secondary N) is 1. The van der Waals surface area contributed by atoms with Crippen molar-refractivity contribution < 1.29 is 14.7 Å². The Morgan fingerprint density at radius 2 is 2.11 bits per heavy atom. The minimum atomic E-state index is -0.885. The van der Waals surface area contributed by atoms with Gasteiger partial charge in [0.05, 0.1) is 6.54 Å². The van der Waals surface area contributed by atoms with Crippen molar-refractivity contribution in [3.8, 4) is 0 Å². The SMILES string of the molecule is CCCCCCNCC(=O)N1CCC[C@H]1C(=O)O. The minimum absolute atomic E-state index is 0.0876. The molecule has 1 aliphatic heterocycles. The lowest BCUT2D eigenvalue weighted by molar-refractivity contribution is -0.147. The Balaban J connectivity index is 2.18. The number of amides is 1. The zero-order chi connectivity index (χ0) is 13.4. The van der Waals surface area contributed by atoms with Crippen LogP contribution in [0.2, 0.25) is 0 Å². The number of aliphatic carboxylic acids is 1. The first-order valence-corrected chi connectivity index (χ1v) is 6.89. The normalized spacial score (nSPS) is 19.2. The first-order chi connectivity index (χ1) is 8.66. The van der Waals surface area contributed by atoms with Crippen molar-refractivity contribution >= 4 is 11.9 Å². The number of carboxylic acids is 1. The second kappa shape index (κ2) is 8.08. The monoisotopic (exact) mass is 256 g/mol. The third-order valence-electron chi connectivity index (χ3n) is 3.34. The second-order valence-corrected chi connectivity index (χ2v) is 4.82. The predicted octanol–water partition coefficient (Wildman–Crippen LogP) is 1.23. The van der Waals surface area contributed by atoms with Gasteiger partial charge in [-0.2, -0.15) is 0 Å². The third-order valence-corrected chi connectivity index (χ3v) is 3.34. The van der Waals surface area contributed by atoms with E-state index in [1.54, 1.807) is 0 Å². The molecule has 0 aromatic carbocycles. The lowest BCUT2D eigenvalue weighted by Gasteiger charge is -2.21. The zero-order valence-electron chi connectivity index (χ0n) is 11.2. The van der Waals surface area contributed by atoms with Crippen molar-refractivity contribution in [2.45, 2.75) is 51.5 Å². The van der Waals surface area contributed by atoms with Crippen LogP contribution in [-0.4, -0.2) is 47.6 Å². The number of hydrogen-bond donors (Lipinski definition) is 2. The van der Waals surface area contributed by atoms with Crippen LogP contribution in [-0.2, 0) is 9.59 Å². The van der Waals surface area contributed by atoms with Crippen LogP contribution in [0.15, 0.2) is 0 Å². The topological polar surface area (TPSA) is 69.6 Å². The van der Waals surface area contributed by atoms with Gasteiger partial charge in [-0.1, -0.05) is 26.2 Å². The molecule has 1 saturated heterocycles. The molecule has 1 rings (SSSR count). The largest absolute Gasteiger partial charge is 0.480 e. The van der Waals surface area contributed by atoms with Crippen molar-refractivity contribution in [1.82, 2.24) is 10.2 Å². The average Bonchev–Trinajstić information content (AvgIpc) is 2.82. The Hall–Kier alpha value is -1.10. The quantitative estimate of drug-likeness (QED) is 0.641. The number of unbranched alkanes of at least 4 members (excludes halogenated alkanes) is 3. The summed E-state index contributed by atoms with van der Waals surface area (Å²) in [7, 11) is 0. The fourth-order valence-electron chi connectivity index (χ4n) is 2.30. The van der Waals surface area contributed by atoms with Gasteiger partial charge in [-0.25, -0.2) is 4.79 Å². The van der Waals surface area contributed by atoms with E-state index in [1.807, 2.05) is 0 Å². The van der Waals surface area contributed by atoms with Crippen molar-refractivity contribution in [1.29, 1.82) is 0 Å². The van der Waals surface area contributed by atoms with Crippen LogP contribution in [0.4, 0.5) is 0 Å². The summed E-state index contributed by atoms with van der Waals surface area (Å²) < 4.78 is 0. The Bertz CT molecular complexity index is 281. The van der Waals surface area contributed by atoms with E-state index in [0.717, 1.165) is 19.4 Å². The fourth-order valence-corrected chi connectivity index (χ4v) is 2.30. The fraction of sp³-hybridized carbons (Fsp3) is 0.846. The first kappa shape index (κ1) is 15.0. The van der Waals surface area contributed by atoms with E-state index in [9.17, 15) is 9.59 Å². The first-order valence-electron chi connectivity index (χ1n) is 6.89. The Labute approximate surface area is 109 Å². The van der Waals surface area contributed by atoms with E-state index in [2.05, 4.69) is 12.2 Å². The number of carbonyl (C=O) groups excluding carboxylic acids is 1. The molecule has 1 amide bonds. The Morgan fingerprint density at radius 1 is 1.33 bits per heavy atom. The molecule has 0 aromatic heterocycles. The van der Waals surface area contributed by atoms with Gasteiger partial charge in [0, 0.05) is 6.54 Å². The smallest absolute Gasteiger partial charge is 0.326 e. The van der Waals surface area contributed by atoms with Gasteiger partial charge in [-0.3, -0.25) is 4.79 Å². The van der Waals surface area contributed by atoms with Crippen LogP contribution in [0.1, 0.15) is 45.4 Å². The van der Waals surface area contributed by atoms with Crippen LogP contribution in [0.5, 0.6) is 0 Å². The highest BCUT2D eigenvalue weighted by Crippen LogP contribution is 2.17. The lowest BCUT2D eigenvalue weighted by atomic mass is 10.2. The Morgan fingerprint density at radius 3 is 2.78 bits per heavy atom. The van der Waals surface area contributed by atoms with Crippen molar-refractivity contribution in [3.05, 3.63) is 0 Å². The molecule has 1 fully saturated rings. The molecule has 1 heterocycles. The van der Waals surface area contributed by atoms with Crippen LogP contribution in [0.3, 0.4) is 0 Å². The number of rotatable bonds is 8. The number of hydrogen-bond acceptors (Lipinski definition) is 3. The van der Waals surface area contributed by atoms with Crippen LogP contribution in [0.25, 0.3) is 0 Å². The zero-order valence-corrected chi connectivity index (χ0v) is 11.2. The highest BCUT2D eigenvalue weighted by molar-refractivity contribution is 5.85. The molecular weight excluding hydrogens is 232 g/mol. The van der Waals surface area contributed by atoms with Crippen LogP contribution >= 0.6 is 0 Å². The average molecular weight is 256 g/mol. The lowest BCUT2D eigenvalue weighted by Crippen LogP contribution is -2.44. The van der Waals surface area contributed by atoms with E-state index in [-0.39, 0.29) is 12.5 Å². The maximum absolute atomic E-state index is 11.8. The van der Waals surface area contributed by atoms with Gasteiger partial charge in [0.2, 0.25) is 5.91 Å². The molecule has 0 unspecified atom stereocenters. The molecule has 0 aliphatic carbocycles. The summed E-state index contributed by atoms with van der Waals surface area (Å²) in [5.41, 5.74) is 0. The molecule has 5 heteroatoms. The standard InChI is InChI=1S/C13H24N2O3/c1-2-3-4-5-8-14-10-12(16)15-9-6-7-11(15)13(17)18/h11,14H,2-10H2,1H3,(H,17,18)/t11-/m0/s1. The molecule has 1 atom stereocenters. The molecule has 2 N–H and O–H groups in total. The summed E-state index contributed by atoms with van der Waals surface area (Å²) >= 11 is 0. The molecule has 0 saturated carbocycles. The third kappa shape index (κ3) is 4.64. The highest BCUT2D eigenvalue weighted by Gasteiger charge is 2.33. The van der Waals surface area contributed by atoms with Crippen molar-refractivity contribution in [2.75, 3.05) is 19.6 Å². The molecule has 0 spiro atoms. The summed E-state index contributed by atoms with van der Waals surface area (Å²) in [5, 5.41) is 12.1. The molecule has 0 radical (unpaired) electrons. The summed E-state index contributed by atoms with van der Waals surface area (Å²) in [6.45, 7) is 3.83. The van der Waals surface area contributed by atoms with Crippen LogP contribution in [0, 0.1) is 0 Å². The molecule has 5 nitrogen and oxygen atoms in total. The van der Waals surface area contributed by atoms with Crippen LogP contribution < -0.4 is 5.32 Å². The van der Waals surface area contributed by atoms with Gasteiger partial charge < -0.3 is 15.3 Å². The van der Waals surface area contributed by atoms with Gasteiger partial charge in [0.25, 0.3) is 0 Å². The van der Waals surface area contributed by atoms with Gasteiger partial charge in [0.15, 0.2) is 0 Å². The van der Waals surface area contributed by atoms with E-state index < -0.39 is 12.0 Å². The molecule has 1 aliphatic rings. The van der Waals surface area contributed by atoms with Crippen molar-refractivity contribution in [2.24, 2.45) is 0 Å². The van der Waals surface area contributed by atoms with Gasteiger partial charge in [-0.05, 0) is 25.8 Å². The summed E-state index contributed by atoms with van der Waals surface area (Å²) in [6, 6.07) is -0.612. The Kier molecular flexibility index (Phi) is 6.72. The van der Waals surface area contributed by atoms with E-state index in [4.69, 9.17) is 5.11 Å². The van der Waals surface area contributed by atoms with E-state index >= 15 is 0 Å². The summed E-state index contributed by atoms with van der Waals surface area (Å²) in [6.07, 6.45) is 6.05. The molecule has 0 aromatic rings. The van der Waals surface area contributed by atoms with Gasteiger partial charge >= 0.3 is 5.97 Å². The number of carboxylic acid groups (broad SMARTS) is 1. The number of nitrogens with zero attached hydrogens (tertiary/aromatic N) is 1. The predicted molar refractivity (Wildman–Crippen MR) is 69.4 cm³/mol. The van der Waals surface area contributed by atoms with Gasteiger partial charge in [0.1, 0.15) is 6.04 Å². The minimum Gasteiger partial charge on any atom is -0.480 e. The maximum Gasteiger partial charge on any atom is 0.326 e. The van der Waals surface area contributed by atoms with Crippen molar-refractivity contribution in [3.63, 3.8) is 0 Å². The second-order valence-electron chi connectivity index (χ2n) is 4.82. The summed E-state index contributed by atoms with van der Waals surface area (Å²) in [5.74, 6) is -0.973. The van der Waals surface area contributed by atoms with Gasteiger partial charge in [-0.15, -0.1) is 0 Å². The number of likely N-dealkylation sites (tertiary alicyclic amines) is 1. The number of carbonyl (C=O) groups is 2. The highest BCUT2D eigenvalue weighted by atomic mass is 16.4.